The lowest BCUT2D eigenvalue weighted by atomic mass is 10.1. The molecule has 1 aliphatic heterocycles. The van der Waals surface area contributed by atoms with Crippen molar-refractivity contribution in [3.05, 3.63) is 59.4 Å². The van der Waals surface area contributed by atoms with Crippen molar-refractivity contribution in [2.24, 2.45) is 4.99 Å². The quantitative estimate of drug-likeness (QED) is 0.923. The van der Waals surface area contributed by atoms with E-state index < -0.39 is 0 Å². The van der Waals surface area contributed by atoms with E-state index in [1.54, 1.807) is 19.2 Å². The van der Waals surface area contributed by atoms with Gasteiger partial charge in [-0.2, -0.15) is 0 Å². The lowest BCUT2D eigenvalue weighted by Gasteiger charge is -2.14. The Morgan fingerprint density at radius 2 is 1.95 bits per heavy atom. The first-order valence-electron chi connectivity index (χ1n) is 7.11. The first-order valence-corrected chi connectivity index (χ1v) is 7.11. The zero-order valence-electron chi connectivity index (χ0n) is 12.3. The second-order valence-electron chi connectivity index (χ2n) is 4.87. The van der Waals surface area contributed by atoms with Gasteiger partial charge in [0.15, 0.2) is 0 Å². The molecule has 0 atom stereocenters. The molecular formula is C17H17FN2O2. The molecule has 0 fully saturated rings. The summed E-state index contributed by atoms with van der Waals surface area (Å²) in [6, 6.07) is 12.4. The maximum Gasteiger partial charge on any atom is 0.137 e. The molecule has 2 aromatic rings. The number of aliphatic imine (C=N–C) groups is 1. The van der Waals surface area contributed by atoms with E-state index in [9.17, 15) is 4.39 Å². The van der Waals surface area contributed by atoms with Gasteiger partial charge in [0.25, 0.3) is 0 Å². The van der Waals surface area contributed by atoms with Crippen LogP contribution in [0.1, 0.15) is 11.1 Å². The predicted molar refractivity (Wildman–Crippen MR) is 83.1 cm³/mol. The van der Waals surface area contributed by atoms with Gasteiger partial charge in [-0.25, -0.2) is 4.39 Å². The molecule has 0 aliphatic carbocycles. The van der Waals surface area contributed by atoms with Crippen LogP contribution in [-0.4, -0.2) is 26.0 Å². The Hall–Kier alpha value is -2.56. The van der Waals surface area contributed by atoms with Gasteiger partial charge in [-0.15, -0.1) is 0 Å². The highest BCUT2D eigenvalue weighted by atomic mass is 19.1. The van der Waals surface area contributed by atoms with Crippen LogP contribution >= 0.6 is 0 Å². The first kappa shape index (κ1) is 14.4. The highest BCUT2D eigenvalue weighted by Gasteiger charge is 2.18. The second-order valence-corrected chi connectivity index (χ2v) is 4.87. The standard InChI is InChI=1S/C17H17FN2O2/c1-21-14-7-3-2-5-12(14)11-22-15-8-4-6-13(18)16(15)17-19-9-10-20-17/h2-8H,9-11H2,1H3,(H,19,20). The summed E-state index contributed by atoms with van der Waals surface area (Å²) in [7, 11) is 1.61. The summed E-state index contributed by atoms with van der Waals surface area (Å²) in [5.41, 5.74) is 1.29. The van der Waals surface area contributed by atoms with Crippen molar-refractivity contribution >= 4 is 5.84 Å². The number of hydrogen-bond donors (Lipinski definition) is 1. The summed E-state index contributed by atoms with van der Waals surface area (Å²) in [6.07, 6.45) is 0. The number of nitrogens with one attached hydrogen (secondary N) is 1. The fourth-order valence-electron chi connectivity index (χ4n) is 2.40. The maximum absolute atomic E-state index is 14.1. The topological polar surface area (TPSA) is 42.9 Å². The first-order chi connectivity index (χ1) is 10.8. The fraction of sp³-hybridized carbons (Fsp3) is 0.235. The van der Waals surface area contributed by atoms with Crippen molar-refractivity contribution < 1.29 is 13.9 Å². The Kier molecular flexibility index (Phi) is 4.23. The van der Waals surface area contributed by atoms with Gasteiger partial charge in [-0.05, 0) is 18.2 Å². The van der Waals surface area contributed by atoms with Crippen LogP contribution in [-0.2, 0) is 6.61 Å². The van der Waals surface area contributed by atoms with Gasteiger partial charge in [0, 0.05) is 12.1 Å². The SMILES string of the molecule is COc1ccccc1COc1cccc(F)c1C1=NCCN1. The number of hydrogen-bond acceptors (Lipinski definition) is 4. The van der Waals surface area contributed by atoms with Crippen LogP contribution in [0.4, 0.5) is 4.39 Å². The molecule has 5 heteroatoms. The summed E-state index contributed by atoms with van der Waals surface area (Å²) in [6.45, 7) is 1.67. The summed E-state index contributed by atoms with van der Waals surface area (Å²) in [5, 5.41) is 3.08. The van der Waals surface area contributed by atoms with Crippen molar-refractivity contribution in [2.75, 3.05) is 20.2 Å². The van der Waals surface area contributed by atoms with E-state index in [0.29, 0.717) is 30.3 Å². The molecule has 1 heterocycles. The Bertz CT molecular complexity index is 701. The third kappa shape index (κ3) is 2.88. The molecule has 22 heavy (non-hydrogen) atoms. The molecular weight excluding hydrogens is 283 g/mol. The molecule has 114 valence electrons. The number of nitrogens with zero attached hydrogens (tertiary/aromatic N) is 1. The van der Waals surface area contributed by atoms with Gasteiger partial charge in [-0.3, -0.25) is 4.99 Å². The Labute approximate surface area is 128 Å². The molecule has 1 aliphatic rings. The van der Waals surface area contributed by atoms with Gasteiger partial charge in [0.1, 0.15) is 29.8 Å². The number of para-hydroxylation sites is 1. The molecule has 4 nitrogen and oxygen atoms in total. The molecule has 0 saturated heterocycles. The molecule has 0 bridgehead atoms. The molecule has 0 aromatic heterocycles. The van der Waals surface area contributed by atoms with E-state index in [-0.39, 0.29) is 5.82 Å². The van der Waals surface area contributed by atoms with Crippen molar-refractivity contribution in [3.8, 4) is 11.5 Å². The molecule has 0 unspecified atom stereocenters. The molecule has 0 spiro atoms. The van der Waals surface area contributed by atoms with Crippen molar-refractivity contribution in [1.82, 2.24) is 5.32 Å². The van der Waals surface area contributed by atoms with Crippen LogP contribution in [0.25, 0.3) is 0 Å². The third-order valence-corrected chi connectivity index (χ3v) is 3.46. The van der Waals surface area contributed by atoms with E-state index in [1.807, 2.05) is 24.3 Å². The zero-order valence-corrected chi connectivity index (χ0v) is 12.3. The zero-order chi connectivity index (χ0) is 15.4. The average molecular weight is 300 g/mol. The maximum atomic E-state index is 14.1. The number of ether oxygens (including phenoxy) is 2. The van der Waals surface area contributed by atoms with Gasteiger partial charge in [0.2, 0.25) is 0 Å². The Balaban J connectivity index is 1.85. The van der Waals surface area contributed by atoms with Gasteiger partial charge in [0.05, 0.1) is 19.2 Å². The Morgan fingerprint density at radius 3 is 2.73 bits per heavy atom. The third-order valence-electron chi connectivity index (χ3n) is 3.46. The highest BCUT2D eigenvalue weighted by Crippen LogP contribution is 2.25. The van der Waals surface area contributed by atoms with Crippen LogP contribution in [0, 0.1) is 5.82 Å². The average Bonchev–Trinajstić information content (AvgIpc) is 3.07. The summed E-state index contributed by atoms with van der Waals surface area (Å²) in [4.78, 5) is 4.28. The smallest absolute Gasteiger partial charge is 0.137 e. The van der Waals surface area contributed by atoms with E-state index in [4.69, 9.17) is 9.47 Å². The van der Waals surface area contributed by atoms with Crippen LogP contribution in [0.5, 0.6) is 11.5 Å². The lowest BCUT2D eigenvalue weighted by Crippen LogP contribution is -2.21. The minimum Gasteiger partial charge on any atom is -0.496 e. The van der Waals surface area contributed by atoms with Gasteiger partial charge >= 0.3 is 0 Å². The van der Waals surface area contributed by atoms with E-state index in [0.717, 1.165) is 17.9 Å². The molecule has 0 amide bonds. The van der Waals surface area contributed by atoms with Gasteiger partial charge < -0.3 is 14.8 Å². The lowest BCUT2D eigenvalue weighted by molar-refractivity contribution is 0.294. The number of halogens is 1. The van der Waals surface area contributed by atoms with Crippen molar-refractivity contribution in [1.29, 1.82) is 0 Å². The van der Waals surface area contributed by atoms with Crippen LogP contribution in [0.2, 0.25) is 0 Å². The summed E-state index contributed by atoms with van der Waals surface area (Å²) < 4.78 is 25.3. The fourth-order valence-corrected chi connectivity index (χ4v) is 2.40. The molecule has 0 saturated carbocycles. The molecule has 3 rings (SSSR count). The molecule has 0 radical (unpaired) electrons. The monoisotopic (exact) mass is 300 g/mol. The molecule has 1 N–H and O–H groups in total. The van der Waals surface area contributed by atoms with E-state index in [1.165, 1.54) is 6.07 Å². The van der Waals surface area contributed by atoms with Gasteiger partial charge in [-0.1, -0.05) is 24.3 Å². The second kappa shape index (κ2) is 6.47. The molecule has 2 aromatic carbocycles. The largest absolute Gasteiger partial charge is 0.496 e. The van der Waals surface area contributed by atoms with Crippen LogP contribution < -0.4 is 14.8 Å². The minimum absolute atomic E-state index is 0.299. The van der Waals surface area contributed by atoms with Crippen molar-refractivity contribution in [2.45, 2.75) is 6.61 Å². The van der Waals surface area contributed by atoms with Crippen molar-refractivity contribution in [3.63, 3.8) is 0 Å². The number of rotatable bonds is 5. The number of methoxy groups -OCH3 is 1. The highest BCUT2D eigenvalue weighted by molar-refractivity contribution is 6.02. The normalized spacial score (nSPS) is 13.5. The summed E-state index contributed by atoms with van der Waals surface area (Å²) in [5.74, 6) is 1.43. The van der Waals surface area contributed by atoms with E-state index in [2.05, 4.69) is 10.3 Å². The summed E-state index contributed by atoms with van der Waals surface area (Å²) >= 11 is 0. The number of amidine groups is 1. The minimum atomic E-state index is -0.342. The van der Waals surface area contributed by atoms with Crippen LogP contribution in [0.15, 0.2) is 47.5 Å². The number of benzene rings is 2. The van der Waals surface area contributed by atoms with Crippen LogP contribution in [0.3, 0.4) is 0 Å². The predicted octanol–water partition coefficient (Wildman–Crippen LogP) is 2.76. The Morgan fingerprint density at radius 1 is 1.14 bits per heavy atom. The van der Waals surface area contributed by atoms with E-state index >= 15 is 0 Å².